The third-order valence-corrected chi connectivity index (χ3v) is 4.53. The number of imidazole rings is 1. The SMILES string of the molecule is CN=C(NCCc1cn2ccccc2n1)NCC(C)c1ccc(C)cc1.I. The normalized spacial score (nSPS) is 12.5. The van der Waals surface area contributed by atoms with Gasteiger partial charge in [0.1, 0.15) is 5.65 Å². The summed E-state index contributed by atoms with van der Waals surface area (Å²) >= 11 is 0. The molecule has 2 N–H and O–H groups in total. The van der Waals surface area contributed by atoms with Gasteiger partial charge in [-0.2, -0.15) is 0 Å². The number of aryl methyl sites for hydroxylation is 1. The summed E-state index contributed by atoms with van der Waals surface area (Å²) in [6.45, 7) is 5.97. The first-order chi connectivity index (χ1) is 12.7. The van der Waals surface area contributed by atoms with Crippen LogP contribution in [0.25, 0.3) is 5.65 Å². The minimum absolute atomic E-state index is 0. The molecule has 0 aliphatic rings. The molecule has 144 valence electrons. The van der Waals surface area contributed by atoms with Gasteiger partial charge in [0, 0.05) is 39.0 Å². The number of aromatic nitrogens is 2. The molecule has 3 rings (SSSR count). The number of nitrogens with one attached hydrogen (secondary N) is 2. The predicted octanol–water partition coefficient (Wildman–Crippen LogP) is 3.77. The molecule has 0 saturated heterocycles. The molecule has 0 aliphatic carbocycles. The van der Waals surface area contributed by atoms with E-state index in [4.69, 9.17) is 0 Å². The summed E-state index contributed by atoms with van der Waals surface area (Å²) in [5.74, 6) is 1.25. The van der Waals surface area contributed by atoms with Crippen LogP contribution in [-0.4, -0.2) is 35.5 Å². The van der Waals surface area contributed by atoms with Crippen LogP contribution in [0.2, 0.25) is 0 Å². The lowest BCUT2D eigenvalue weighted by Gasteiger charge is -2.16. The lowest BCUT2D eigenvalue weighted by atomic mass is 10.0. The second-order valence-corrected chi connectivity index (χ2v) is 6.64. The van der Waals surface area contributed by atoms with Gasteiger partial charge in [-0.25, -0.2) is 4.98 Å². The van der Waals surface area contributed by atoms with Gasteiger partial charge in [-0.3, -0.25) is 4.99 Å². The first kappa shape index (κ1) is 21.2. The van der Waals surface area contributed by atoms with Crippen LogP contribution in [0.15, 0.2) is 59.9 Å². The van der Waals surface area contributed by atoms with Crippen molar-refractivity contribution in [2.75, 3.05) is 20.1 Å². The number of nitrogens with zero attached hydrogens (tertiary/aromatic N) is 3. The Morgan fingerprint density at radius 1 is 1.15 bits per heavy atom. The summed E-state index contributed by atoms with van der Waals surface area (Å²) in [6.07, 6.45) is 4.95. The van der Waals surface area contributed by atoms with E-state index in [0.717, 1.165) is 36.8 Å². The Bertz CT molecular complexity index is 837. The van der Waals surface area contributed by atoms with Crippen LogP contribution in [0.5, 0.6) is 0 Å². The van der Waals surface area contributed by atoms with E-state index < -0.39 is 0 Å². The van der Waals surface area contributed by atoms with Gasteiger partial charge in [-0.1, -0.05) is 42.8 Å². The Hall–Kier alpha value is -2.09. The third kappa shape index (κ3) is 5.95. The van der Waals surface area contributed by atoms with Crippen LogP contribution in [0.3, 0.4) is 0 Å². The largest absolute Gasteiger partial charge is 0.356 e. The van der Waals surface area contributed by atoms with Crippen molar-refractivity contribution < 1.29 is 0 Å². The second kappa shape index (κ2) is 10.3. The van der Waals surface area contributed by atoms with E-state index in [1.807, 2.05) is 28.8 Å². The highest BCUT2D eigenvalue weighted by Crippen LogP contribution is 2.14. The van der Waals surface area contributed by atoms with Crippen molar-refractivity contribution in [1.82, 2.24) is 20.0 Å². The molecule has 1 aromatic carbocycles. The summed E-state index contributed by atoms with van der Waals surface area (Å²) in [5, 5.41) is 6.78. The molecule has 0 fully saturated rings. The molecule has 1 atom stereocenters. The molecule has 0 radical (unpaired) electrons. The van der Waals surface area contributed by atoms with Crippen LogP contribution >= 0.6 is 24.0 Å². The van der Waals surface area contributed by atoms with Gasteiger partial charge >= 0.3 is 0 Å². The van der Waals surface area contributed by atoms with Crippen molar-refractivity contribution in [2.24, 2.45) is 4.99 Å². The fraction of sp³-hybridized carbons (Fsp3) is 0.333. The fourth-order valence-electron chi connectivity index (χ4n) is 2.90. The van der Waals surface area contributed by atoms with Crippen LogP contribution in [-0.2, 0) is 6.42 Å². The predicted molar refractivity (Wildman–Crippen MR) is 123 cm³/mol. The highest BCUT2D eigenvalue weighted by atomic mass is 127. The van der Waals surface area contributed by atoms with Gasteiger partial charge in [0.2, 0.25) is 0 Å². The first-order valence-corrected chi connectivity index (χ1v) is 9.09. The number of fused-ring (bicyclic) bond motifs is 1. The Morgan fingerprint density at radius 2 is 1.93 bits per heavy atom. The summed E-state index contributed by atoms with van der Waals surface area (Å²) in [7, 11) is 1.80. The zero-order valence-electron chi connectivity index (χ0n) is 16.1. The molecule has 2 heterocycles. The van der Waals surface area contributed by atoms with Crippen molar-refractivity contribution in [1.29, 1.82) is 0 Å². The van der Waals surface area contributed by atoms with Crippen molar-refractivity contribution in [3.05, 3.63) is 71.7 Å². The van der Waals surface area contributed by atoms with Crippen molar-refractivity contribution in [3.8, 4) is 0 Å². The maximum Gasteiger partial charge on any atom is 0.191 e. The molecule has 0 amide bonds. The van der Waals surface area contributed by atoms with E-state index in [9.17, 15) is 0 Å². The minimum Gasteiger partial charge on any atom is -0.356 e. The molecular weight excluding hydrogens is 449 g/mol. The Labute approximate surface area is 178 Å². The summed E-state index contributed by atoms with van der Waals surface area (Å²) < 4.78 is 2.05. The molecule has 3 aromatic rings. The number of benzene rings is 1. The molecule has 1 unspecified atom stereocenters. The minimum atomic E-state index is 0. The first-order valence-electron chi connectivity index (χ1n) is 9.09. The number of pyridine rings is 1. The molecule has 6 heteroatoms. The molecule has 0 spiro atoms. The average molecular weight is 477 g/mol. The monoisotopic (exact) mass is 477 g/mol. The molecule has 0 aliphatic heterocycles. The van der Waals surface area contributed by atoms with Crippen LogP contribution in [0.4, 0.5) is 0 Å². The molecule has 2 aromatic heterocycles. The summed E-state index contributed by atoms with van der Waals surface area (Å²) in [4.78, 5) is 8.93. The molecular formula is C21H28IN5. The Balaban J connectivity index is 0.00000261. The van der Waals surface area contributed by atoms with Gasteiger partial charge in [-0.05, 0) is 30.5 Å². The van der Waals surface area contributed by atoms with E-state index in [2.05, 4.69) is 64.9 Å². The molecule has 27 heavy (non-hydrogen) atoms. The zero-order valence-corrected chi connectivity index (χ0v) is 18.5. The average Bonchev–Trinajstić information content (AvgIpc) is 3.07. The highest BCUT2D eigenvalue weighted by Gasteiger charge is 2.07. The van der Waals surface area contributed by atoms with Crippen molar-refractivity contribution in [3.63, 3.8) is 0 Å². The van der Waals surface area contributed by atoms with E-state index in [1.54, 1.807) is 7.05 Å². The van der Waals surface area contributed by atoms with Gasteiger partial charge in [0.25, 0.3) is 0 Å². The van der Waals surface area contributed by atoms with E-state index in [-0.39, 0.29) is 24.0 Å². The number of rotatable bonds is 6. The lowest BCUT2D eigenvalue weighted by Crippen LogP contribution is -2.39. The molecule has 5 nitrogen and oxygen atoms in total. The number of guanidine groups is 1. The number of hydrogen-bond acceptors (Lipinski definition) is 2. The maximum atomic E-state index is 4.62. The third-order valence-electron chi connectivity index (χ3n) is 4.53. The number of hydrogen-bond donors (Lipinski definition) is 2. The number of halogens is 1. The standard InChI is InChI=1S/C21H27N5.HI/c1-16-7-9-18(10-8-16)17(2)14-24-21(22-3)23-12-11-19-15-26-13-5-4-6-20(26)25-19;/h4-10,13,15,17H,11-12,14H2,1-3H3,(H2,22,23,24);1H. The Morgan fingerprint density at radius 3 is 2.63 bits per heavy atom. The van der Waals surface area contributed by atoms with Gasteiger partial charge in [-0.15, -0.1) is 24.0 Å². The van der Waals surface area contributed by atoms with Crippen LogP contribution in [0.1, 0.15) is 29.7 Å². The van der Waals surface area contributed by atoms with Gasteiger partial charge in [0.15, 0.2) is 5.96 Å². The van der Waals surface area contributed by atoms with E-state index in [0.29, 0.717) is 5.92 Å². The maximum absolute atomic E-state index is 4.62. The molecule has 0 saturated carbocycles. The molecule has 0 bridgehead atoms. The second-order valence-electron chi connectivity index (χ2n) is 6.64. The topological polar surface area (TPSA) is 53.7 Å². The summed E-state index contributed by atoms with van der Waals surface area (Å²) in [6, 6.07) is 14.7. The number of aliphatic imine (C=N–C) groups is 1. The van der Waals surface area contributed by atoms with Gasteiger partial charge < -0.3 is 15.0 Å². The van der Waals surface area contributed by atoms with Crippen molar-refractivity contribution in [2.45, 2.75) is 26.2 Å². The fourth-order valence-corrected chi connectivity index (χ4v) is 2.90. The smallest absolute Gasteiger partial charge is 0.191 e. The lowest BCUT2D eigenvalue weighted by molar-refractivity contribution is 0.697. The van der Waals surface area contributed by atoms with Gasteiger partial charge in [0.05, 0.1) is 5.69 Å². The zero-order chi connectivity index (χ0) is 18.4. The Kier molecular flexibility index (Phi) is 8.09. The van der Waals surface area contributed by atoms with E-state index in [1.165, 1.54) is 11.1 Å². The van der Waals surface area contributed by atoms with E-state index >= 15 is 0 Å². The van der Waals surface area contributed by atoms with Crippen LogP contribution in [0, 0.1) is 6.92 Å². The van der Waals surface area contributed by atoms with Crippen LogP contribution < -0.4 is 10.6 Å². The highest BCUT2D eigenvalue weighted by molar-refractivity contribution is 14.0. The summed E-state index contributed by atoms with van der Waals surface area (Å²) in [5.41, 5.74) is 4.69. The van der Waals surface area contributed by atoms with Crippen molar-refractivity contribution >= 4 is 35.6 Å². The quantitative estimate of drug-likeness (QED) is 0.323.